The van der Waals surface area contributed by atoms with Crippen LogP contribution in [0, 0.1) is 0 Å². The number of hydrogen-bond donors (Lipinski definition) is 2. The molecule has 0 fully saturated rings. The zero-order valence-electron chi connectivity index (χ0n) is 17.1. The van der Waals surface area contributed by atoms with Crippen molar-refractivity contribution in [3.05, 3.63) is 103 Å². The van der Waals surface area contributed by atoms with E-state index in [1.165, 1.54) is 6.33 Å². The number of nitrogen functional groups attached to an aromatic ring is 1. The Bertz CT molecular complexity index is 1350. The van der Waals surface area contributed by atoms with Gasteiger partial charge < -0.3 is 20.5 Å². The van der Waals surface area contributed by atoms with Gasteiger partial charge in [-0.25, -0.2) is 4.98 Å². The monoisotopic (exact) mass is 420 g/mol. The number of benzene rings is 4. The van der Waals surface area contributed by atoms with Crippen LogP contribution in [-0.2, 0) is 0 Å². The molecule has 6 nitrogen and oxygen atoms in total. The first-order valence-electron chi connectivity index (χ1n) is 10.1. The number of anilines is 3. The maximum Gasteiger partial charge on any atom is 0.248 e. The van der Waals surface area contributed by atoms with Crippen molar-refractivity contribution in [3.8, 4) is 23.1 Å². The van der Waals surface area contributed by atoms with Gasteiger partial charge in [-0.1, -0.05) is 54.6 Å². The first-order valence-corrected chi connectivity index (χ1v) is 10.1. The fourth-order valence-electron chi connectivity index (χ4n) is 3.32. The molecule has 6 heteroatoms. The Labute approximate surface area is 185 Å². The summed E-state index contributed by atoms with van der Waals surface area (Å²) in [6.07, 6.45) is 1.42. The number of nitrogens with two attached hydrogens (primary N) is 1. The third-order valence-corrected chi connectivity index (χ3v) is 4.90. The quantitative estimate of drug-likeness (QED) is 0.324. The Morgan fingerprint density at radius 2 is 1.38 bits per heavy atom. The van der Waals surface area contributed by atoms with Crippen LogP contribution in [-0.4, -0.2) is 9.97 Å². The molecule has 0 saturated carbocycles. The molecule has 0 atom stereocenters. The molecule has 32 heavy (non-hydrogen) atoms. The van der Waals surface area contributed by atoms with Gasteiger partial charge >= 0.3 is 0 Å². The number of nitrogens with zero attached hydrogens (tertiary/aromatic N) is 2. The minimum atomic E-state index is 0.294. The average molecular weight is 420 g/mol. The number of nitrogens with one attached hydrogen (secondary N) is 1. The largest absolute Gasteiger partial charge is 0.457 e. The van der Waals surface area contributed by atoms with E-state index in [4.69, 9.17) is 15.2 Å². The third-order valence-electron chi connectivity index (χ3n) is 4.90. The van der Waals surface area contributed by atoms with E-state index < -0.39 is 0 Å². The van der Waals surface area contributed by atoms with Gasteiger partial charge in [-0.05, 0) is 47.9 Å². The summed E-state index contributed by atoms with van der Waals surface area (Å²) < 4.78 is 11.9. The van der Waals surface area contributed by atoms with Crippen LogP contribution in [0.3, 0.4) is 0 Å². The molecule has 5 rings (SSSR count). The van der Waals surface area contributed by atoms with E-state index in [9.17, 15) is 0 Å². The molecule has 0 spiro atoms. The summed E-state index contributed by atoms with van der Waals surface area (Å²) in [7, 11) is 0. The van der Waals surface area contributed by atoms with E-state index >= 15 is 0 Å². The molecule has 0 bridgehead atoms. The standard InChI is InChI=1S/C26H20N4O2/c27-24-25(30-19-13-15-21(16-14-19)31-20-9-2-1-3-10-20)28-17-29-26(24)32-23-12-6-8-18-7-4-5-11-22(18)23/h1-17H,27H2,(H,28,29,30). The van der Waals surface area contributed by atoms with Gasteiger partial charge in [-0.3, -0.25) is 0 Å². The second kappa shape index (κ2) is 8.65. The molecule has 0 unspecified atom stereocenters. The van der Waals surface area contributed by atoms with Gasteiger partial charge in [0.25, 0.3) is 0 Å². The highest BCUT2D eigenvalue weighted by Crippen LogP contribution is 2.34. The Morgan fingerprint density at radius 1 is 0.656 bits per heavy atom. The van der Waals surface area contributed by atoms with Crippen molar-refractivity contribution < 1.29 is 9.47 Å². The number of aromatic nitrogens is 2. The highest BCUT2D eigenvalue weighted by molar-refractivity contribution is 5.88. The van der Waals surface area contributed by atoms with Crippen molar-refractivity contribution in [2.45, 2.75) is 0 Å². The van der Waals surface area contributed by atoms with Gasteiger partial charge in [-0.2, -0.15) is 4.98 Å². The molecular weight excluding hydrogens is 400 g/mol. The number of para-hydroxylation sites is 1. The molecule has 0 amide bonds. The van der Waals surface area contributed by atoms with Crippen molar-refractivity contribution in [1.29, 1.82) is 0 Å². The van der Waals surface area contributed by atoms with Crippen LogP contribution in [0.1, 0.15) is 0 Å². The van der Waals surface area contributed by atoms with E-state index in [-0.39, 0.29) is 0 Å². The molecule has 0 radical (unpaired) electrons. The number of hydrogen-bond acceptors (Lipinski definition) is 6. The van der Waals surface area contributed by atoms with Crippen LogP contribution in [0.4, 0.5) is 17.2 Å². The van der Waals surface area contributed by atoms with Crippen molar-refractivity contribution in [2.24, 2.45) is 0 Å². The number of fused-ring (bicyclic) bond motifs is 1. The summed E-state index contributed by atoms with van der Waals surface area (Å²) in [4.78, 5) is 8.50. The maximum absolute atomic E-state index is 6.32. The fourth-order valence-corrected chi connectivity index (χ4v) is 3.32. The molecule has 1 aromatic heterocycles. The van der Waals surface area contributed by atoms with E-state index in [0.717, 1.165) is 28.0 Å². The SMILES string of the molecule is Nc1c(Nc2ccc(Oc3ccccc3)cc2)ncnc1Oc1cccc2ccccc12. The third kappa shape index (κ3) is 4.15. The minimum Gasteiger partial charge on any atom is -0.457 e. The molecule has 4 aromatic carbocycles. The molecule has 1 heterocycles. The lowest BCUT2D eigenvalue weighted by molar-refractivity contribution is 0.470. The second-order valence-electron chi connectivity index (χ2n) is 7.08. The second-order valence-corrected chi connectivity index (χ2v) is 7.08. The Hall–Kier alpha value is -4.58. The summed E-state index contributed by atoms with van der Waals surface area (Å²) in [5, 5.41) is 5.28. The summed E-state index contributed by atoms with van der Waals surface area (Å²) in [6, 6.07) is 31.0. The lowest BCUT2D eigenvalue weighted by Crippen LogP contribution is -2.03. The molecule has 0 aliphatic rings. The van der Waals surface area contributed by atoms with Crippen LogP contribution in [0.2, 0.25) is 0 Å². The molecule has 0 aliphatic heterocycles. The lowest BCUT2D eigenvalue weighted by Gasteiger charge is -2.13. The molecule has 0 aliphatic carbocycles. The van der Waals surface area contributed by atoms with E-state index in [2.05, 4.69) is 15.3 Å². The first kappa shape index (κ1) is 19.4. The average Bonchev–Trinajstić information content (AvgIpc) is 2.84. The number of rotatable bonds is 6. The fraction of sp³-hybridized carbons (Fsp3) is 0. The normalized spacial score (nSPS) is 10.6. The first-order chi connectivity index (χ1) is 15.8. The number of ether oxygens (including phenoxy) is 2. The highest BCUT2D eigenvalue weighted by Gasteiger charge is 2.12. The van der Waals surface area contributed by atoms with Crippen LogP contribution in [0.25, 0.3) is 10.8 Å². The van der Waals surface area contributed by atoms with Gasteiger partial charge in [0.1, 0.15) is 29.3 Å². The van der Waals surface area contributed by atoms with Gasteiger partial charge in [0.05, 0.1) is 0 Å². The Kier molecular flexibility index (Phi) is 5.24. The van der Waals surface area contributed by atoms with Gasteiger partial charge in [0.2, 0.25) is 5.88 Å². The molecule has 3 N–H and O–H groups in total. The zero-order valence-corrected chi connectivity index (χ0v) is 17.1. The van der Waals surface area contributed by atoms with E-state index in [0.29, 0.717) is 23.1 Å². The smallest absolute Gasteiger partial charge is 0.248 e. The molecule has 156 valence electrons. The highest BCUT2D eigenvalue weighted by atomic mass is 16.5. The Balaban J connectivity index is 1.34. The zero-order chi connectivity index (χ0) is 21.8. The summed E-state index contributed by atoms with van der Waals surface area (Å²) in [6.45, 7) is 0. The lowest BCUT2D eigenvalue weighted by atomic mass is 10.1. The van der Waals surface area contributed by atoms with Crippen molar-refractivity contribution >= 4 is 28.0 Å². The van der Waals surface area contributed by atoms with Crippen molar-refractivity contribution in [3.63, 3.8) is 0 Å². The van der Waals surface area contributed by atoms with Gasteiger partial charge in [-0.15, -0.1) is 0 Å². The predicted octanol–water partition coefficient (Wildman–Crippen LogP) is 6.54. The Morgan fingerprint density at radius 3 is 2.22 bits per heavy atom. The summed E-state index contributed by atoms with van der Waals surface area (Å²) >= 11 is 0. The van der Waals surface area contributed by atoms with Crippen molar-refractivity contribution in [2.75, 3.05) is 11.1 Å². The van der Waals surface area contributed by atoms with Gasteiger partial charge in [0, 0.05) is 11.1 Å². The van der Waals surface area contributed by atoms with Crippen LogP contribution < -0.4 is 20.5 Å². The van der Waals surface area contributed by atoms with E-state index in [1.807, 2.05) is 97.1 Å². The molecule has 5 aromatic rings. The summed E-state index contributed by atoms with van der Waals surface area (Å²) in [5.74, 6) is 2.96. The summed E-state index contributed by atoms with van der Waals surface area (Å²) in [5.41, 5.74) is 7.45. The van der Waals surface area contributed by atoms with Crippen LogP contribution >= 0.6 is 0 Å². The molecular formula is C26H20N4O2. The van der Waals surface area contributed by atoms with Crippen molar-refractivity contribution in [1.82, 2.24) is 9.97 Å². The topological polar surface area (TPSA) is 82.3 Å². The maximum atomic E-state index is 6.32. The predicted molar refractivity (Wildman–Crippen MR) is 127 cm³/mol. The van der Waals surface area contributed by atoms with E-state index in [1.54, 1.807) is 0 Å². The van der Waals surface area contributed by atoms with Crippen LogP contribution in [0.15, 0.2) is 103 Å². The van der Waals surface area contributed by atoms with Crippen LogP contribution in [0.5, 0.6) is 23.1 Å². The molecule has 0 saturated heterocycles. The van der Waals surface area contributed by atoms with Gasteiger partial charge in [0.15, 0.2) is 5.82 Å². The minimum absolute atomic E-state index is 0.294.